The van der Waals surface area contributed by atoms with Gasteiger partial charge in [-0.2, -0.15) is 5.10 Å². The van der Waals surface area contributed by atoms with E-state index in [9.17, 15) is 9.59 Å². The van der Waals surface area contributed by atoms with E-state index in [0.29, 0.717) is 23.7 Å². The molecule has 0 saturated carbocycles. The largest absolute Gasteiger partial charge is 0.483 e. The number of hydrogen-bond donors (Lipinski definition) is 3. The van der Waals surface area contributed by atoms with Crippen molar-refractivity contribution in [1.82, 2.24) is 20.8 Å². The summed E-state index contributed by atoms with van der Waals surface area (Å²) in [6.45, 7) is 1.36. The van der Waals surface area contributed by atoms with Crippen molar-refractivity contribution in [3.05, 3.63) is 60.0 Å². The van der Waals surface area contributed by atoms with Crippen LogP contribution in [0.4, 0.5) is 0 Å². The van der Waals surface area contributed by atoms with E-state index in [2.05, 4.69) is 20.8 Å². The molecule has 1 aromatic carbocycles. The van der Waals surface area contributed by atoms with E-state index < -0.39 is 0 Å². The van der Waals surface area contributed by atoms with Gasteiger partial charge in [0, 0.05) is 31.3 Å². The molecule has 1 unspecified atom stereocenters. The molecule has 9 nitrogen and oxygen atoms in total. The van der Waals surface area contributed by atoms with Gasteiger partial charge in [-0.25, -0.2) is 0 Å². The lowest BCUT2D eigenvalue weighted by atomic mass is 10.2. The number of amides is 2. The Hall–Kier alpha value is -3.59. The van der Waals surface area contributed by atoms with Crippen LogP contribution in [0.2, 0.25) is 0 Å². The zero-order valence-corrected chi connectivity index (χ0v) is 16.9. The molecule has 4 rings (SSSR count). The number of furan rings is 1. The molecule has 1 fully saturated rings. The SMILES string of the molecule is O=C(COc1ccccc1CNC(=O)c1cc(-c2ccco2)[nH]n1)NCC1CCCO1. The number of carbonyl (C=O) groups excluding carboxylic acids is 2. The third-order valence-electron chi connectivity index (χ3n) is 4.92. The smallest absolute Gasteiger partial charge is 0.272 e. The maximum absolute atomic E-state index is 12.4. The molecule has 2 aromatic heterocycles. The van der Waals surface area contributed by atoms with Crippen LogP contribution in [-0.2, 0) is 16.1 Å². The van der Waals surface area contributed by atoms with Gasteiger partial charge in [-0.05, 0) is 31.0 Å². The summed E-state index contributed by atoms with van der Waals surface area (Å²) in [4.78, 5) is 24.5. The first kappa shape index (κ1) is 20.7. The first-order valence-corrected chi connectivity index (χ1v) is 10.2. The van der Waals surface area contributed by atoms with Gasteiger partial charge >= 0.3 is 0 Å². The molecule has 162 valence electrons. The highest BCUT2D eigenvalue weighted by Gasteiger charge is 2.17. The van der Waals surface area contributed by atoms with Crippen molar-refractivity contribution in [2.45, 2.75) is 25.5 Å². The normalized spacial score (nSPS) is 15.5. The average molecular weight is 424 g/mol. The highest BCUT2D eigenvalue weighted by molar-refractivity contribution is 5.93. The molecular formula is C22H24N4O5. The zero-order chi connectivity index (χ0) is 21.5. The minimum absolute atomic E-state index is 0.0850. The first-order valence-electron chi connectivity index (χ1n) is 10.2. The van der Waals surface area contributed by atoms with Gasteiger partial charge < -0.3 is 24.5 Å². The van der Waals surface area contributed by atoms with Crippen molar-refractivity contribution in [2.75, 3.05) is 19.8 Å². The second-order valence-electron chi connectivity index (χ2n) is 7.16. The lowest BCUT2D eigenvalue weighted by Crippen LogP contribution is -2.35. The molecule has 31 heavy (non-hydrogen) atoms. The van der Waals surface area contributed by atoms with E-state index >= 15 is 0 Å². The number of aromatic amines is 1. The third-order valence-corrected chi connectivity index (χ3v) is 4.92. The molecule has 1 aliphatic heterocycles. The van der Waals surface area contributed by atoms with E-state index in [4.69, 9.17) is 13.9 Å². The van der Waals surface area contributed by atoms with Crippen LogP contribution in [0.15, 0.2) is 53.1 Å². The fourth-order valence-corrected chi connectivity index (χ4v) is 3.28. The molecule has 1 saturated heterocycles. The maximum Gasteiger partial charge on any atom is 0.272 e. The monoisotopic (exact) mass is 424 g/mol. The number of ether oxygens (including phenoxy) is 2. The van der Waals surface area contributed by atoms with Gasteiger partial charge in [-0.1, -0.05) is 18.2 Å². The number of nitrogens with zero attached hydrogens (tertiary/aromatic N) is 1. The Morgan fingerprint density at radius 1 is 1.19 bits per heavy atom. The van der Waals surface area contributed by atoms with Crippen LogP contribution >= 0.6 is 0 Å². The van der Waals surface area contributed by atoms with Gasteiger partial charge in [-0.15, -0.1) is 0 Å². The minimum atomic E-state index is -0.335. The standard InChI is InChI=1S/C22H24N4O5/c27-21(23-13-16-6-3-9-29-16)14-31-19-7-2-1-5-15(19)12-24-22(28)18-11-17(25-26-18)20-8-4-10-30-20/h1-2,4-5,7-8,10-11,16H,3,6,9,12-14H2,(H,23,27)(H,24,28)(H,25,26). The van der Waals surface area contributed by atoms with E-state index in [1.54, 1.807) is 30.5 Å². The predicted octanol–water partition coefficient (Wildman–Crippen LogP) is 2.27. The van der Waals surface area contributed by atoms with Crippen molar-refractivity contribution >= 4 is 11.8 Å². The quantitative estimate of drug-likeness (QED) is 0.485. The van der Waals surface area contributed by atoms with E-state index in [-0.39, 0.29) is 36.8 Å². The second-order valence-corrected chi connectivity index (χ2v) is 7.16. The second kappa shape index (κ2) is 9.94. The van der Waals surface area contributed by atoms with Crippen LogP contribution in [0, 0.1) is 0 Å². The molecular weight excluding hydrogens is 400 g/mol. The van der Waals surface area contributed by atoms with Crippen LogP contribution in [0.5, 0.6) is 5.75 Å². The third kappa shape index (κ3) is 5.52. The summed E-state index contributed by atoms with van der Waals surface area (Å²) in [6, 6.07) is 12.4. The molecule has 0 radical (unpaired) electrons. The van der Waals surface area contributed by atoms with E-state index in [1.165, 1.54) is 0 Å². The minimum Gasteiger partial charge on any atom is -0.483 e. The number of rotatable bonds is 9. The predicted molar refractivity (Wildman–Crippen MR) is 111 cm³/mol. The Bertz CT molecular complexity index is 1010. The fourth-order valence-electron chi connectivity index (χ4n) is 3.28. The summed E-state index contributed by atoms with van der Waals surface area (Å²) in [6.07, 6.45) is 3.62. The number of nitrogens with one attached hydrogen (secondary N) is 3. The molecule has 2 amide bonds. The molecule has 0 bridgehead atoms. The molecule has 3 N–H and O–H groups in total. The number of hydrogen-bond acceptors (Lipinski definition) is 6. The van der Waals surface area contributed by atoms with Crippen molar-refractivity contribution in [3.8, 4) is 17.2 Å². The summed E-state index contributed by atoms with van der Waals surface area (Å²) in [5.41, 5.74) is 1.62. The number of benzene rings is 1. The Labute approximate surface area is 179 Å². The zero-order valence-electron chi connectivity index (χ0n) is 16.9. The molecule has 0 aliphatic carbocycles. The Kier molecular flexibility index (Phi) is 6.63. The Balaban J connectivity index is 1.28. The number of carbonyl (C=O) groups is 2. The van der Waals surface area contributed by atoms with Crippen molar-refractivity contribution < 1.29 is 23.5 Å². The highest BCUT2D eigenvalue weighted by Crippen LogP contribution is 2.19. The van der Waals surface area contributed by atoms with Crippen molar-refractivity contribution in [2.24, 2.45) is 0 Å². The van der Waals surface area contributed by atoms with Crippen molar-refractivity contribution in [3.63, 3.8) is 0 Å². The Morgan fingerprint density at radius 2 is 2.10 bits per heavy atom. The van der Waals surface area contributed by atoms with Gasteiger partial charge in [0.1, 0.15) is 11.4 Å². The van der Waals surface area contributed by atoms with Gasteiger partial charge in [0.15, 0.2) is 18.1 Å². The number of para-hydroxylation sites is 1. The number of H-pyrrole nitrogens is 1. The van der Waals surface area contributed by atoms with Crippen LogP contribution in [0.3, 0.4) is 0 Å². The van der Waals surface area contributed by atoms with Crippen LogP contribution < -0.4 is 15.4 Å². The topological polar surface area (TPSA) is 118 Å². The summed E-state index contributed by atoms with van der Waals surface area (Å²) in [5.74, 6) is 0.589. The summed E-state index contributed by atoms with van der Waals surface area (Å²) in [7, 11) is 0. The Morgan fingerprint density at radius 3 is 2.90 bits per heavy atom. The lowest BCUT2D eigenvalue weighted by Gasteiger charge is -2.13. The molecule has 9 heteroatoms. The van der Waals surface area contributed by atoms with Crippen LogP contribution in [-0.4, -0.2) is 47.9 Å². The fraction of sp³-hybridized carbons (Fsp3) is 0.318. The summed E-state index contributed by atoms with van der Waals surface area (Å²) >= 11 is 0. The van der Waals surface area contributed by atoms with Gasteiger partial charge in [0.2, 0.25) is 0 Å². The molecule has 3 heterocycles. The lowest BCUT2D eigenvalue weighted by molar-refractivity contribution is -0.123. The number of aromatic nitrogens is 2. The molecule has 1 atom stereocenters. The van der Waals surface area contributed by atoms with Gasteiger partial charge in [0.25, 0.3) is 11.8 Å². The summed E-state index contributed by atoms with van der Waals surface area (Å²) in [5, 5.41) is 12.4. The summed E-state index contributed by atoms with van der Waals surface area (Å²) < 4.78 is 16.4. The van der Waals surface area contributed by atoms with Crippen LogP contribution in [0.1, 0.15) is 28.9 Å². The van der Waals surface area contributed by atoms with Crippen LogP contribution in [0.25, 0.3) is 11.5 Å². The maximum atomic E-state index is 12.4. The average Bonchev–Trinajstić information content (AvgIpc) is 3.57. The molecule has 1 aliphatic rings. The molecule has 0 spiro atoms. The highest BCUT2D eigenvalue weighted by atomic mass is 16.5. The molecule has 3 aromatic rings. The first-order chi connectivity index (χ1) is 15.2. The van der Waals surface area contributed by atoms with Gasteiger partial charge in [-0.3, -0.25) is 14.7 Å². The van der Waals surface area contributed by atoms with Crippen molar-refractivity contribution in [1.29, 1.82) is 0 Å². The van der Waals surface area contributed by atoms with E-state index in [0.717, 1.165) is 25.0 Å². The van der Waals surface area contributed by atoms with Gasteiger partial charge in [0.05, 0.1) is 12.4 Å². The van der Waals surface area contributed by atoms with E-state index in [1.807, 2.05) is 18.2 Å².